The maximum absolute atomic E-state index is 12.9. The fourth-order valence-corrected chi connectivity index (χ4v) is 1.96. The van der Waals surface area contributed by atoms with Crippen LogP contribution >= 0.6 is 0 Å². The molecule has 0 aromatic heterocycles. The fourth-order valence-electron chi connectivity index (χ4n) is 1.96. The van der Waals surface area contributed by atoms with Gasteiger partial charge < -0.3 is 15.7 Å². The Balaban J connectivity index is 1.92. The topological polar surface area (TPSA) is 78.4 Å². The van der Waals surface area contributed by atoms with E-state index in [4.69, 9.17) is 0 Å². The van der Waals surface area contributed by atoms with E-state index in [0.717, 1.165) is 12.1 Å². The van der Waals surface area contributed by atoms with Gasteiger partial charge in [-0.3, -0.25) is 9.59 Å². The van der Waals surface area contributed by atoms with Crippen molar-refractivity contribution >= 4 is 17.5 Å². The Hall–Kier alpha value is -2.80. The van der Waals surface area contributed by atoms with Crippen LogP contribution in [0.5, 0.6) is 0 Å². The Morgan fingerprint density at radius 2 is 1.46 bits per heavy atom. The molecule has 24 heavy (non-hydrogen) atoms. The van der Waals surface area contributed by atoms with Crippen LogP contribution in [0.4, 0.5) is 14.5 Å². The molecule has 0 aliphatic heterocycles. The number of halogens is 2. The summed E-state index contributed by atoms with van der Waals surface area (Å²) in [4.78, 5) is 23.5. The maximum Gasteiger partial charge on any atom is 0.313 e. The number of nitrogens with one attached hydrogen (secondary N) is 2. The van der Waals surface area contributed by atoms with Gasteiger partial charge >= 0.3 is 11.8 Å². The molecule has 7 heteroatoms. The van der Waals surface area contributed by atoms with Gasteiger partial charge in [0.15, 0.2) is 0 Å². The maximum atomic E-state index is 12.9. The summed E-state index contributed by atoms with van der Waals surface area (Å²) in [5, 5.41) is 14.9. The first-order valence-electron chi connectivity index (χ1n) is 7.11. The largest absolute Gasteiger partial charge is 0.384 e. The van der Waals surface area contributed by atoms with Crippen molar-refractivity contribution in [2.24, 2.45) is 0 Å². The van der Waals surface area contributed by atoms with E-state index in [2.05, 4.69) is 10.6 Å². The number of benzene rings is 2. The normalized spacial score (nSPS) is 13.0. The Morgan fingerprint density at radius 3 is 2.00 bits per heavy atom. The van der Waals surface area contributed by atoms with Crippen LogP contribution in [0.25, 0.3) is 0 Å². The number of hydrogen-bond donors (Lipinski definition) is 3. The lowest BCUT2D eigenvalue weighted by atomic mass is 9.96. The molecule has 1 atom stereocenters. The van der Waals surface area contributed by atoms with E-state index in [1.807, 2.05) is 0 Å². The Morgan fingerprint density at radius 1 is 0.958 bits per heavy atom. The van der Waals surface area contributed by atoms with E-state index in [0.29, 0.717) is 5.56 Å². The van der Waals surface area contributed by atoms with Crippen molar-refractivity contribution in [1.29, 1.82) is 0 Å². The Bertz CT molecular complexity index is 729. The highest BCUT2D eigenvalue weighted by Crippen LogP contribution is 2.19. The predicted molar refractivity (Wildman–Crippen MR) is 84.0 cm³/mol. The second-order valence-corrected chi connectivity index (χ2v) is 5.42. The van der Waals surface area contributed by atoms with Crippen LogP contribution in [-0.2, 0) is 15.2 Å². The van der Waals surface area contributed by atoms with E-state index in [1.165, 1.54) is 43.3 Å². The Labute approximate surface area is 137 Å². The first-order chi connectivity index (χ1) is 11.3. The lowest BCUT2D eigenvalue weighted by Gasteiger charge is -2.24. The molecule has 0 saturated carbocycles. The molecule has 5 nitrogen and oxygen atoms in total. The van der Waals surface area contributed by atoms with Gasteiger partial charge in [-0.15, -0.1) is 0 Å². The molecule has 0 fully saturated rings. The summed E-state index contributed by atoms with van der Waals surface area (Å²) >= 11 is 0. The van der Waals surface area contributed by atoms with Crippen LogP contribution in [0.15, 0.2) is 48.5 Å². The minimum atomic E-state index is -1.47. The standard InChI is InChI=1S/C17H16F2N2O3/c1-17(24,11-2-4-12(18)5-3-11)10-20-15(22)16(23)21-14-8-6-13(19)7-9-14/h2-9,24H,10H2,1H3,(H,20,22)(H,21,23). The summed E-state index contributed by atoms with van der Waals surface area (Å²) < 4.78 is 25.7. The van der Waals surface area contributed by atoms with Gasteiger partial charge in [-0.25, -0.2) is 8.78 Å². The molecule has 2 rings (SSSR count). The molecule has 2 amide bonds. The van der Waals surface area contributed by atoms with Gasteiger partial charge in [-0.2, -0.15) is 0 Å². The number of anilines is 1. The molecule has 126 valence electrons. The third-order valence-corrected chi connectivity index (χ3v) is 3.37. The van der Waals surface area contributed by atoms with Gasteiger partial charge in [-0.05, 0) is 48.9 Å². The first kappa shape index (κ1) is 17.6. The van der Waals surface area contributed by atoms with E-state index in [-0.39, 0.29) is 12.2 Å². The molecular weight excluding hydrogens is 318 g/mol. The molecule has 0 radical (unpaired) electrons. The van der Waals surface area contributed by atoms with Crippen molar-refractivity contribution in [3.63, 3.8) is 0 Å². The summed E-state index contributed by atoms with van der Waals surface area (Å²) in [7, 11) is 0. The van der Waals surface area contributed by atoms with Crippen LogP contribution in [-0.4, -0.2) is 23.5 Å². The second kappa shape index (κ2) is 7.18. The van der Waals surface area contributed by atoms with Gasteiger partial charge in [0.2, 0.25) is 0 Å². The first-order valence-corrected chi connectivity index (χ1v) is 7.11. The van der Waals surface area contributed by atoms with Crippen molar-refractivity contribution in [3.8, 4) is 0 Å². The quantitative estimate of drug-likeness (QED) is 0.748. The monoisotopic (exact) mass is 334 g/mol. The average molecular weight is 334 g/mol. The average Bonchev–Trinajstić information content (AvgIpc) is 2.55. The number of hydrogen-bond acceptors (Lipinski definition) is 3. The SMILES string of the molecule is CC(O)(CNC(=O)C(=O)Nc1ccc(F)cc1)c1ccc(F)cc1. The highest BCUT2D eigenvalue weighted by Gasteiger charge is 2.25. The molecule has 2 aromatic rings. The van der Waals surface area contributed by atoms with Crippen LogP contribution in [0.1, 0.15) is 12.5 Å². The van der Waals surface area contributed by atoms with Crippen molar-refractivity contribution < 1.29 is 23.5 Å². The number of amides is 2. The van der Waals surface area contributed by atoms with Gasteiger partial charge in [0, 0.05) is 5.69 Å². The van der Waals surface area contributed by atoms with E-state index >= 15 is 0 Å². The predicted octanol–water partition coefficient (Wildman–Crippen LogP) is 1.93. The van der Waals surface area contributed by atoms with Crippen LogP contribution in [0.2, 0.25) is 0 Å². The van der Waals surface area contributed by atoms with E-state index < -0.39 is 29.0 Å². The van der Waals surface area contributed by atoms with Crippen molar-refractivity contribution in [1.82, 2.24) is 5.32 Å². The van der Waals surface area contributed by atoms with E-state index in [9.17, 15) is 23.5 Å². The zero-order chi connectivity index (χ0) is 17.7. The third kappa shape index (κ3) is 4.60. The highest BCUT2D eigenvalue weighted by atomic mass is 19.1. The number of rotatable bonds is 4. The summed E-state index contributed by atoms with van der Waals surface area (Å²) in [6.07, 6.45) is 0. The van der Waals surface area contributed by atoms with Crippen molar-refractivity contribution in [2.75, 3.05) is 11.9 Å². The molecule has 0 aliphatic carbocycles. The zero-order valence-corrected chi connectivity index (χ0v) is 12.8. The zero-order valence-electron chi connectivity index (χ0n) is 12.8. The molecule has 1 unspecified atom stereocenters. The summed E-state index contributed by atoms with van der Waals surface area (Å²) in [5.41, 5.74) is -0.815. The molecule has 0 heterocycles. The molecule has 0 aliphatic rings. The van der Waals surface area contributed by atoms with Gasteiger partial charge in [0.1, 0.15) is 17.2 Å². The highest BCUT2D eigenvalue weighted by molar-refractivity contribution is 6.39. The molecule has 0 spiro atoms. The second-order valence-electron chi connectivity index (χ2n) is 5.42. The van der Waals surface area contributed by atoms with Gasteiger partial charge in [0.05, 0.1) is 6.54 Å². The smallest absolute Gasteiger partial charge is 0.313 e. The Kier molecular flexibility index (Phi) is 5.25. The number of carbonyl (C=O) groups excluding carboxylic acids is 2. The minimum absolute atomic E-state index is 0.242. The number of carbonyl (C=O) groups is 2. The molecule has 2 aromatic carbocycles. The lowest BCUT2D eigenvalue weighted by Crippen LogP contribution is -2.43. The van der Waals surface area contributed by atoms with Crippen molar-refractivity contribution in [3.05, 3.63) is 65.7 Å². The molecule has 0 bridgehead atoms. The minimum Gasteiger partial charge on any atom is -0.384 e. The number of aliphatic hydroxyl groups is 1. The van der Waals surface area contributed by atoms with Crippen molar-refractivity contribution in [2.45, 2.75) is 12.5 Å². The molecular formula is C17H16F2N2O3. The molecule has 3 N–H and O–H groups in total. The van der Waals surface area contributed by atoms with Crippen LogP contribution in [0.3, 0.4) is 0 Å². The third-order valence-electron chi connectivity index (χ3n) is 3.37. The van der Waals surface area contributed by atoms with Gasteiger partial charge in [-0.1, -0.05) is 12.1 Å². The summed E-state index contributed by atoms with van der Waals surface area (Å²) in [6.45, 7) is 1.19. The summed E-state index contributed by atoms with van der Waals surface area (Å²) in [5.74, 6) is -2.82. The van der Waals surface area contributed by atoms with Crippen LogP contribution < -0.4 is 10.6 Å². The van der Waals surface area contributed by atoms with Crippen LogP contribution in [0, 0.1) is 11.6 Å². The molecule has 0 saturated heterocycles. The summed E-state index contributed by atoms with van der Waals surface area (Å²) in [6, 6.07) is 10.1. The lowest BCUT2D eigenvalue weighted by molar-refractivity contribution is -0.136. The van der Waals surface area contributed by atoms with E-state index in [1.54, 1.807) is 0 Å². The fraction of sp³-hybridized carbons (Fsp3) is 0.176. The van der Waals surface area contributed by atoms with Gasteiger partial charge in [0.25, 0.3) is 0 Å².